The number of rotatable bonds is 4. The topological polar surface area (TPSA) is 51.0 Å². The van der Waals surface area contributed by atoms with E-state index in [4.69, 9.17) is 15.2 Å². The van der Waals surface area contributed by atoms with Gasteiger partial charge < -0.3 is 15.2 Å². The Kier molecular flexibility index (Phi) is 11.7. The Labute approximate surface area is 178 Å². The monoisotopic (exact) mass is 421 g/mol. The fraction of sp³-hybridized carbons (Fsp3) is 0.455. The van der Waals surface area contributed by atoms with Crippen LogP contribution in [0.3, 0.4) is 0 Å². The maximum absolute atomic E-state index is 11.9. The summed E-state index contributed by atoms with van der Waals surface area (Å²) in [5.41, 5.74) is 6.51. The number of hydrogen-bond acceptors (Lipinski definition) is 6. The van der Waals surface area contributed by atoms with Crippen LogP contribution >= 0.6 is 12.1 Å². The summed E-state index contributed by atoms with van der Waals surface area (Å²) < 4.78 is 27.1. The molecular weight excluding hydrogens is 389 g/mol. The van der Waals surface area contributed by atoms with Crippen molar-refractivity contribution in [1.29, 1.82) is 0 Å². The molecule has 0 aromatic heterocycles. The van der Waals surface area contributed by atoms with Gasteiger partial charge in [-0.1, -0.05) is 30.3 Å². The number of methoxy groups -OCH3 is 1. The lowest BCUT2D eigenvalue weighted by Gasteiger charge is -2.28. The number of morpholine rings is 1. The summed E-state index contributed by atoms with van der Waals surface area (Å²) >= 11 is 1.91. The van der Waals surface area contributed by atoms with Crippen molar-refractivity contribution in [3.63, 3.8) is 0 Å². The summed E-state index contributed by atoms with van der Waals surface area (Å²) in [4.78, 5) is 0. The van der Waals surface area contributed by atoms with E-state index in [-0.39, 0.29) is 5.82 Å². The van der Waals surface area contributed by atoms with Gasteiger partial charge in [0.05, 0.1) is 20.3 Å². The van der Waals surface area contributed by atoms with Crippen LogP contribution in [-0.2, 0) is 11.3 Å². The molecule has 2 saturated heterocycles. The highest BCUT2D eigenvalue weighted by atomic mass is 32.2. The molecule has 2 heterocycles. The largest absolute Gasteiger partial charge is 0.497 e. The van der Waals surface area contributed by atoms with Gasteiger partial charge in [-0.05, 0) is 42.7 Å². The Morgan fingerprint density at radius 2 is 1.62 bits per heavy atom. The molecule has 29 heavy (non-hydrogen) atoms. The third-order valence-electron chi connectivity index (χ3n) is 4.37. The molecule has 0 atom stereocenters. The van der Waals surface area contributed by atoms with E-state index in [0.29, 0.717) is 6.54 Å². The first-order chi connectivity index (χ1) is 14.2. The number of nitrogens with zero attached hydrogens (tertiary/aromatic N) is 2. The van der Waals surface area contributed by atoms with Gasteiger partial charge in [0.15, 0.2) is 0 Å². The van der Waals surface area contributed by atoms with E-state index in [1.807, 2.05) is 36.4 Å². The molecular formula is C22H32FN3O2S. The smallest absolute Gasteiger partial charge is 0.123 e. The van der Waals surface area contributed by atoms with Gasteiger partial charge in [0.1, 0.15) is 11.6 Å². The fourth-order valence-corrected chi connectivity index (χ4v) is 3.84. The van der Waals surface area contributed by atoms with Crippen LogP contribution in [0.25, 0.3) is 0 Å². The Morgan fingerprint density at radius 3 is 2.17 bits per heavy atom. The highest BCUT2D eigenvalue weighted by Crippen LogP contribution is 2.22. The predicted molar refractivity (Wildman–Crippen MR) is 118 cm³/mol. The number of ether oxygens (including phenoxy) is 2. The van der Waals surface area contributed by atoms with E-state index < -0.39 is 0 Å². The van der Waals surface area contributed by atoms with Gasteiger partial charge in [-0.2, -0.15) is 0 Å². The first-order valence-corrected chi connectivity index (χ1v) is 10.7. The SMILES string of the molecule is C1CCN(SN2CCOCC2)C1.COc1cccc(CN)c1.Fc1ccccc1. The molecule has 2 aromatic carbocycles. The summed E-state index contributed by atoms with van der Waals surface area (Å²) in [6.45, 7) is 7.07. The van der Waals surface area contributed by atoms with Crippen molar-refractivity contribution in [2.75, 3.05) is 46.5 Å². The highest BCUT2D eigenvalue weighted by Gasteiger charge is 2.18. The fourth-order valence-electron chi connectivity index (χ4n) is 2.78. The Morgan fingerprint density at radius 1 is 0.966 bits per heavy atom. The van der Waals surface area contributed by atoms with Gasteiger partial charge in [-0.3, -0.25) is 0 Å². The summed E-state index contributed by atoms with van der Waals surface area (Å²) in [6.07, 6.45) is 2.74. The lowest BCUT2D eigenvalue weighted by molar-refractivity contribution is 0.0760. The van der Waals surface area contributed by atoms with E-state index in [0.717, 1.165) is 37.6 Å². The third kappa shape index (κ3) is 10.1. The molecule has 0 aliphatic carbocycles. The minimum atomic E-state index is -0.178. The molecule has 2 aliphatic rings. The molecule has 2 aromatic rings. The van der Waals surface area contributed by atoms with Crippen molar-refractivity contribution in [2.24, 2.45) is 5.73 Å². The summed E-state index contributed by atoms with van der Waals surface area (Å²) in [5, 5.41) is 0. The van der Waals surface area contributed by atoms with Crippen molar-refractivity contribution < 1.29 is 13.9 Å². The Hall–Kier alpha value is -1.64. The number of hydrogen-bond donors (Lipinski definition) is 1. The van der Waals surface area contributed by atoms with Crippen molar-refractivity contribution >= 4 is 12.1 Å². The van der Waals surface area contributed by atoms with Gasteiger partial charge in [-0.25, -0.2) is 13.0 Å². The standard InChI is InChI=1S/C8H16N2OS.C8H11NO.C6H5F/c1-2-4-9(3-1)12-10-5-7-11-8-6-10;1-10-8-4-2-3-7(5-8)6-9;7-6-4-2-1-3-5-6/h1-8H2;2-5H,6,9H2,1H3;1-5H. The molecule has 0 bridgehead atoms. The predicted octanol–water partition coefficient (Wildman–Crippen LogP) is 3.96. The van der Waals surface area contributed by atoms with E-state index in [1.54, 1.807) is 25.3 Å². The first-order valence-electron chi connectivity index (χ1n) is 10.0. The van der Waals surface area contributed by atoms with Crippen LogP contribution in [0, 0.1) is 5.82 Å². The lowest BCUT2D eigenvalue weighted by Crippen LogP contribution is -2.34. The van der Waals surface area contributed by atoms with Crippen LogP contribution in [0.2, 0.25) is 0 Å². The first kappa shape index (κ1) is 23.6. The summed E-state index contributed by atoms with van der Waals surface area (Å²) in [6, 6.07) is 15.7. The van der Waals surface area contributed by atoms with Gasteiger partial charge >= 0.3 is 0 Å². The molecule has 2 N–H and O–H groups in total. The Bertz CT molecular complexity index is 647. The number of halogens is 1. The minimum absolute atomic E-state index is 0.178. The van der Waals surface area contributed by atoms with Crippen LogP contribution in [0.15, 0.2) is 54.6 Å². The molecule has 4 rings (SSSR count). The number of nitrogens with two attached hydrogens (primary N) is 1. The molecule has 0 spiro atoms. The second-order valence-corrected chi connectivity index (χ2v) is 7.81. The van der Waals surface area contributed by atoms with Crippen molar-refractivity contribution in [3.05, 3.63) is 66.0 Å². The van der Waals surface area contributed by atoms with Crippen LogP contribution in [0.4, 0.5) is 4.39 Å². The molecule has 0 radical (unpaired) electrons. The summed E-state index contributed by atoms with van der Waals surface area (Å²) in [7, 11) is 1.65. The maximum atomic E-state index is 11.9. The third-order valence-corrected chi connectivity index (χ3v) is 5.56. The average molecular weight is 422 g/mol. The number of benzene rings is 2. The molecule has 0 unspecified atom stereocenters. The zero-order valence-corrected chi connectivity index (χ0v) is 18.0. The zero-order valence-electron chi connectivity index (χ0n) is 17.1. The van der Waals surface area contributed by atoms with E-state index >= 15 is 0 Å². The van der Waals surface area contributed by atoms with Gasteiger partial charge in [0.25, 0.3) is 0 Å². The normalized spacial score (nSPS) is 16.9. The molecule has 7 heteroatoms. The molecule has 160 valence electrons. The molecule has 0 amide bonds. The zero-order chi connectivity index (χ0) is 20.7. The second kappa shape index (κ2) is 14.4. The molecule has 2 fully saturated rings. The van der Waals surface area contributed by atoms with E-state index in [9.17, 15) is 4.39 Å². The van der Waals surface area contributed by atoms with Crippen molar-refractivity contribution in [3.8, 4) is 5.75 Å². The van der Waals surface area contributed by atoms with E-state index in [1.165, 1.54) is 38.1 Å². The maximum Gasteiger partial charge on any atom is 0.123 e. The minimum Gasteiger partial charge on any atom is -0.497 e. The van der Waals surface area contributed by atoms with E-state index in [2.05, 4.69) is 8.61 Å². The Balaban J connectivity index is 0.000000161. The van der Waals surface area contributed by atoms with Crippen molar-refractivity contribution in [2.45, 2.75) is 19.4 Å². The van der Waals surface area contributed by atoms with Crippen LogP contribution in [0.1, 0.15) is 18.4 Å². The van der Waals surface area contributed by atoms with Crippen LogP contribution < -0.4 is 10.5 Å². The van der Waals surface area contributed by atoms with Gasteiger partial charge in [0.2, 0.25) is 0 Å². The quantitative estimate of drug-likeness (QED) is 0.755. The molecule has 5 nitrogen and oxygen atoms in total. The molecule has 2 aliphatic heterocycles. The van der Waals surface area contributed by atoms with Gasteiger partial charge in [0, 0.05) is 44.9 Å². The second-order valence-electron chi connectivity index (χ2n) is 6.61. The van der Waals surface area contributed by atoms with Crippen LogP contribution in [0.5, 0.6) is 5.75 Å². The van der Waals surface area contributed by atoms with Crippen molar-refractivity contribution in [1.82, 2.24) is 8.61 Å². The average Bonchev–Trinajstić information content (AvgIpc) is 3.29. The highest BCUT2D eigenvalue weighted by molar-refractivity contribution is 7.94. The summed E-state index contributed by atoms with van der Waals surface area (Å²) in [5.74, 6) is 0.686. The van der Waals surface area contributed by atoms with Crippen LogP contribution in [-0.4, -0.2) is 55.1 Å². The van der Waals surface area contributed by atoms with Gasteiger partial charge in [-0.15, -0.1) is 0 Å². The lowest BCUT2D eigenvalue weighted by atomic mass is 10.2. The molecule has 0 saturated carbocycles.